The summed E-state index contributed by atoms with van der Waals surface area (Å²) in [6, 6.07) is 0.368. The molecule has 2 unspecified atom stereocenters. The first kappa shape index (κ1) is 27.6. The molecule has 1 rings (SSSR count). The Kier molecular flexibility index (Phi) is 12.3. The SMILES string of the molecule is CC(=O)C1(C)CNCC(C)N1C/C=C(\C)CC/C=C(\C)CC/C=C(\C)CCC=C(C)C. The zero-order valence-corrected chi connectivity index (χ0v) is 21.6. The van der Waals surface area contributed by atoms with Crippen LogP contribution in [-0.2, 0) is 4.79 Å². The lowest BCUT2D eigenvalue weighted by Crippen LogP contribution is -2.66. The van der Waals surface area contributed by atoms with E-state index in [0.717, 1.165) is 51.7 Å². The molecular weight excluding hydrogens is 380 g/mol. The first-order chi connectivity index (χ1) is 14.6. The predicted octanol–water partition coefficient (Wildman–Crippen LogP) is 6.77. The molecular formula is C28H48N2O. The maximum absolute atomic E-state index is 12.3. The Morgan fingerprint density at radius 3 is 1.84 bits per heavy atom. The van der Waals surface area contributed by atoms with Crippen molar-refractivity contribution in [3.63, 3.8) is 0 Å². The number of nitrogens with zero attached hydrogens (tertiary/aromatic N) is 1. The molecule has 0 aromatic rings. The number of nitrogens with one attached hydrogen (secondary N) is 1. The summed E-state index contributed by atoms with van der Waals surface area (Å²) in [6.07, 6.45) is 16.3. The number of Topliss-reactive ketones (excluding diaryl/α,β-unsaturated/α-hetero) is 1. The van der Waals surface area contributed by atoms with Crippen LogP contribution in [0.5, 0.6) is 0 Å². The van der Waals surface area contributed by atoms with Crippen LogP contribution >= 0.6 is 0 Å². The smallest absolute Gasteiger partial charge is 0.151 e. The Balaban J connectivity index is 2.44. The number of allylic oxidation sites excluding steroid dienone is 7. The predicted molar refractivity (Wildman–Crippen MR) is 137 cm³/mol. The molecule has 0 aromatic carbocycles. The van der Waals surface area contributed by atoms with Gasteiger partial charge in [0, 0.05) is 25.7 Å². The third-order valence-electron chi connectivity index (χ3n) is 6.62. The van der Waals surface area contributed by atoms with Crippen LogP contribution in [0.1, 0.15) is 93.9 Å². The molecule has 1 aliphatic rings. The van der Waals surface area contributed by atoms with E-state index in [1.807, 2.05) is 0 Å². The van der Waals surface area contributed by atoms with Gasteiger partial charge in [0.1, 0.15) is 0 Å². The molecule has 1 saturated heterocycles. The summed E-state index contributed by atoms with van der Waals surface area (Å²) in [5, 5.41) is 3.41. The summed E-state index contributed by atoms with van der Waals surface area (Å²) in [7, 11) is 0. The van der Waals surface area contributed by atoms with Crippen LogP contribution in [0.15, 0.2) is 46.6 Å². The van der Waals surface area contributed by atoms with Crippen molar-refractivity contribution in [1.82, 2.24) is 10.2 Å². The number of carbonyl (C=O) groups excluding carboxylic acids is 1. The molecule has 3 nitrogen and oxygen atoms in total. The monoisotopic (exact) mass is 428 g/mol. The van der Waals surface area contributed by atoms with Gasteiger partial charge >= 0.3 is 0 Å². The molecule has 0 spiro atoms. The molecule has 0 aliphatic carbocycles. The van der Waals surface area contributed by atoms with Crippen LogP contribution in [-0.4, -0.2) is 41.9 Å². The fourth-order valence-electron chi connectivity index (χ4n) is 4.17. The first-order valence-corrected chi connectivity index (χ1v) is 12.1. The van der Waals surface area contributed by atoms with Gasteiger partial charge in [0.25, 0.3) is 0 Å². The van der Waals surface area contributed by atoms with Crippen LogP contribution in [0.25, 0.3) is 0 Å². The average molecular weight is 429 g/mol. The Morgan fingerprint density at radius 2 is 1.35 bits per heavy atom. The molecule has 2 atom stereocenters. The van der Waals surface area contributed by atoms with Gasteiger partial charge < -0.3 is 5.32 Å². The molecule has 0 radical (unpaired) electrons. The van der Waals surface area contributed by atoms with Crippen molar-refractivity contribution < 1.29 is 4.79 Å². The van der Waals surface area contributed by atoms with Crippen LogP contribution in [0, 0.1) is 0 Å². The Hall–Kier alpha value is -1.45. The second-order valence-electron chi connectivity index (χ2n) is 10.0. The van der Waals surface area contributed by atoms with E-state index in [0.29, 0.717) is 6.04 Å². The molecule has 1 N–H and O–H groups in total. The number of ketones is 1. The fourth-order valence-corrected chi connectivity index (χ4v) is 4.17. The van der Waals surface area contributed by atoms with E-state index in [2.05, 4.69) is 83.0 Å². The highest BCUT2D eigenvalue weighted by atomic mass is 16.1. The number of carbonyl (C=O) groups is 1. The Morgan fingerprint density at radius 1 is 0.871 bits per heavy atom. The van der Waals surface area contributed by atoms with E-state index < -0.39 is 5.54 Å². The lowest BCUT2D eigenvalue weighted by atomic mass is 9.90. The maximum atomic E-state index is 12.3. The molecule has 1 fully saturated rings. The van der Waals surface area contributed by atoms with E-state index >= 15 is 0 Å². The second-order valence-corrected chi connectivity index (χ2v) is 10.0. The lowest BCUT2D eigenvalue weighted by Gasteiger charge is -2.47. The van der Waals surface area contributed by atoms with Crippen molar-refractivity contribution in [3.05, 3.63) is 46.6 Å². The minimum absolute atomic E-state index is 0.248. The molecule has 0 bridgehead atoms. The van der Waals surface area contributed by atoms with E-state index in [9.17, 15) is 4.79 Å². The molecule has 0 aromatic heterocycles. The topological polar surface area (TPSA) is 32.3 Å². The van der Waals surface area contributed by atoms with Crippen molar-refractivity contribution in [3.8, 4) is 0 Å². The summed E-state index contributed by atoms with van der Waals surface area (Å²) in [4.78, 5) is 14.6. The number of piperazine rings is 1. The van der Waals surface area contributed by atoms with Crippen molar-refractivity contribution in [1.29, 1.82) is 0 Å². The van der Waals surface area contributed by atoms with Gasteiger partial charge in [-0.1, -0.05) is 46.6 Å². The number of hydrogen-bond donors (Lipinski definition) is 1. The zero-order valence-electron chi connectivity index (χ0n) is 21.6. The van der Waals surface area contributed by atoms with Crippen molar-refractivity contribution in [2.24, 2.45) is 0 Å². The minimum Gasteiger partial charge on any atom is -0.313 e. The second kappa shape index (κ2) is 13.9. The van der Waals surface area contributed by atoms with E-state index in [-0.39, 0.29) is 5.78 Å². The minimum atomic E-state index is -0.401. The van der Waals surface area contributed by atoms with E-state index in [4.69, 9.17) is 0 Å². The van der Waals surface area contributed by atoms with Crippen molar-refractivity contribution in [2.45, 2.75) is 105 Å². The maximum Gasteiger partial charge on any atom is 0.151 e. The zero-order chi connectivity index (χ0) is 23.4. The van der Waals surface area contributed by atoms with Crippen LogP contribution in [0.4, 0.5) is 0 Å². The van der Waals surface area contributed by atoms with Crippen molar-refractivity contribution in [2.75, 3.05) is 19.6 Å². The summed E-state index contributed by atoms with van der Waals surface area (Å²) in [5.41, 5.74) is 5.41. The normalized spacial score (nSPS) is 23.7. The molecule has 3 heteroatoms. The summed E-state index contributed by atoms with van der Waals surface area (Å²) < 4.78 is 0. The summed E-state index contributed by atoms with van der Waals surface area (Å²) in [6.45, 7) is 19.6. The van der Waals surface area contributed by atoms with Crippen LogP contribution in [0.3, 0.4) is 0 Å². The highest BCUT2D eigenvalue weighted by Crippen LogP contribution is 2.23. The Bertz CT molecular complexity index is 694. The van der Waals surface area contributed by atoms with Gasteiger partial charge in [-0.25, -0.2) is 0 Å². The fraction of sp³-hybridized carbons (Fsp3) is 0.679. The Labute approximate surface area is 192 Å². The van der Waals surface area contributed by atoms with Gasteiger partial charge in [-0.3, -0.25) is 9.69 Å². The number of hydrogen-bond acceptors (Lipinski definition) is 3. The molecule has 0 amide bonds. The highest BCUT2D eigenvalue weighted by Gasteiger charge is 2.41. The molecule has 0 saturated carbocycles. The van der Waals surface area contributed by atoms with Gasteiger partial charge in [0.05, 0.1) is 5.54 Å². The standard InChI is InChI=1S/C28H48N2O/c1-22(2)12-9-13-23(3)14-10-15-24(4)16-11-17-25(5)18-19-30-26(6)20-29-21-28(30,8)27(7)31/h12,14,16,18,26,29H,9-11,13,15,17,19-21H2,1-8H3/b23-14+,24-16+,25-18+. The molecule has 31 heavy (non-hydrogen) atoms. The van der Waals surface area contributed by atoms with E-state index in [1.54, 1.807) is 6.92 Å². The van der Waals surface area contributed by atoms with Gasteiger partial charge in [0.2, 0.25) is 0 Å². The van der Waals surface area contributed by atoms with Crippen LogP contribution in [0.2, 0.25) is 0 Å². The van der Waals surface area contributed by atoms with E-state index in [1.165, 1.54) is 28.7 Å². The first-order valence-electron chi connectivity index (χ1n) is 12.1. The quantitative estimate of drug-likeness (QED) is 0.348. The van der Waals surface area contributed by atoms with Crippen LogP contribution < -0.4 is 5.32 Å². The van der Waals surface area contributed by atoms with Crippen molar-refractivity contribution >= 4 is 5.78 Å². The van der Waals surface area contributed by atoms with Gasteiger partial charge in [-0.2, -0.15) is 0 Å². The molecule has 1 heterocycles. The van der Waals surface area contributed by atoms with Gasteiger partial charge in [-0.15, -0.1) is 0 Å². The largest absolute Gasteiger partial charge is 0.313 e. The third-order valence-corrected chi connectivity index (χ3v) is 6.62. The molecule has 176 valence electrons. The average Bonchev–Trinajstić information content (AvgIpc) is 2.67. The third kappa shape index (κ3) is 10.1. The summed E-state index contributed by atoms with van der Waals surface area (Å²) in [5.74, 6) is 0.248. The lowest BCUT2D eigenvalue weighted by molar-refractivity contribution is -0.130. The highest BCUT2D eigenvalue weighted by molar-refractivity contribution is 5.86. The number of rotatable bonds is 12. The van der Waals surface area contributed by atoms with Gasteiger partial charge in [-0.05, 0) is 93.9 Å². The summed E-state index contributed by atoms with van der Waals surface area (Å²) >= 11 is 0. The van der Waals surface area contributed by atoms with Gasteiger partial charge in [0.15, 0.2) is 5.78 Å². The molecule has 1 aliphatic heterocycles.